The highest BCUT2D eigenvalue weighted by Crippen LogP contribution is 2.26. The molecule has 1 aromatic rings. The van der Waals surface area contributed by atoms with Crippen molar-refractivity contribution in [2.24, 2.45) is 0 Å². The molecular formula is C8H7BrF3NO. The molecule has 0 aliphatic heterocycles. The molecule has 0 unspecified atom stereocenters. The number of rotatable bonds is 2. The molecule has 0 saturated heterocycles. The van der Waals surface area contributed by atoms with Crippen LogP contribution in [0.25, 0.3) is 0 Å². The second-order valence-electron chi connectivity index (χ2n) is 2.59. The van der Waals surface area contributed by atoms with Crippen LogP contribution in [0.3, 0.4) is 0 Å². The van der Waals surface area contributed by atoms with Crippen LogP contribution in [0.5, 0.6) is 5.75 Å². The minimum Gasteiger partial charge on any atom is -0.406 e. The molecule has 0 fully saturated rings. The molecule has 2 N–H and O–H groups in total. The molecule has 1 rings (SSSR count). The molecule has 0 saturated carbocycles. The van der Waals surface area contributed by atoms with Crippen LogP contribution in [-0.2, 0) is 5.33 Å². The third kappa shape index (κ3) is 3.45. The zero-order chi connectivity index (χ0) is 10.8. The molecule has 14 heavy (non-hydrogen) atoms. The van der Waals surface area contributed by atoms with E-state index in [4.69, 9.17) is 5.73 Å². The number of nitrogens with two attached hydrogens (primary N) is 1. The fraction of sp³-hybridized carbons (Fsp3) is 0.250. The van der Waals surface area contributed by atoms with Gasteiger partial charge in [-0.1, -0.05) is 15.9 Å². The summed E-state index contributed by atoms with van der Waals surface area (Å²) in [5, 5.41) is 0.423. The number of hydrogen-bond acceptors (Lipinski definition) is 2. The van der Waals surface area contributed by atoms with Gasteiger partial charge >= 0.3 is 6.36 Å². The minimum absolute atomic E-state index is 0.237. The largest absolute Gasteiger partial charge is 0.573 e. The molecule has 0 amide bonds. The lowest BCUT2D eigenvalue weighted by Gasteiger charge is -2.10. The Kier molecular flexibility index (Phi) is 3.25. The van der Waals surface area contributed by atoms with E-state index in [-0.39, 0.29) is 11.4 Å². The maximum Gasteiger partial charge on any atom is 0.573 e. The Morgan fingerprint density at radius 3 is 2.43 bits per heavy atom. The summed E-state index contributed by atoms with van der Waals surface area (Å²) >= 11 is 3.11. The van der Waals surface area contributed by atoms with Crippen LogP contribution in [0.1, 0.15) is 5.56 Å². The first kappa shape index (κ1) is 11.2. The molecule has 0 atom stereocenters. The summed E-state index contributed by atoms with van der Waals surface area (Å²) in [6.07, 6.45) is -4.68. The van der Waals surface area contributed by atoms with Crippen LogP contribution in [-0.4, -0.2) is 6.36 Å². The van der Waals surface area contributed by atoms with Crippen LogP contribution in [0.2, 0.25) is 0 Å². The zero-order valence-corrected chi connectivity index (χ0v) is 8.52. The monoisotopic (exact) mass is 269 g/mol. The predicted octanol–water partition coefficient (Wildman–Crippen LogP) is 3.06. The van der Waals surface area contributed by atoms with Crippen molar-refractivity contribution in [3.8, 4) is 5.75 Å². The molecule has 0 aromatic heterocycles. The first-order valence-corrected chi connectivity index (χ1v) is 4.74. The smallest absolute Gasteiger partial charge is 0.406 e. The van der Waals surface area contributed by atoms with E-state index in [1.165, 1.54) is 6.07 Å². The van der Waals surface area contributed by atoms with Crippen LogP contribution >= 0.6 is 15.9 Å². The second-order valence-corrected chi connectivity index (χ2v) is 3.15. The third-order valence-corrected chi connectivity index (χ3v) is 2.02. The summed E-state index contributed by atoms with van der Waals surface area (Å²) in [5.74, 6) is -0.299. The Labute approximate surface area is 87.0 Å². The molecule has 0 bridgehead atoms. The Bertz CT molecular complexity index is 327. The molecule has 0 spiro atoms. The van der Waals surface area contributed by atoms with Crippen molar-refractivity contribution in [1.82, 2.24) is 0 Å². The summed E-state index contributed by atoms with van der Waals surface area (Å²) in [6.45, 7) is 0. The minimum atomic E-state index is -4.68. The Morgan fingerprint density at radius 1 is 1.29 bits per heavy atom. The van der Waals surface area contributed by atoms with Gasteiger partial charge in [0.1, 0.15) is 5.75 Å². The van der Waals surface area contributed by atoms with E-state index in [9.17, 15) is 13.2 Å². The Morgan fingerprint density at radius 2 is 1.93 bits per heavy atom. The molecule has 6 heteroatoms. The van der Waals surface area contributed by atoms with Crippen molar-refractivity contribution in [3.05, 3.63) is 23.8 Å². The molecule has 0 aliphatic rings. The Balaban J connectivity index is 2.92. The molecule has 0 radical (unpaired) electrons. The number of alkyl halides is 4. The van der Waals surface area contributed by atoms with E-state index >= 15 is 0 Å². The first-order valence-electron chi connectivity index (χ1n) is 3.62. The van der Waals surface area contributed by atoms with Gasteiger partial charge in [0, 0.05) is 17.1 Å². The highest BCUT2D eigenvalue weighted by Gasteiger charge is 2.31. The summed E-state index contributed by atoms with van der Waals surface area (Å²) in [6, 6.07) is 3.97. The maximum absolute atomic E-state index is 11.8. The number of ether oxygens (including phenoxy) is 1. The number of hydrogen-bond donors (Lipinski definition) is 1. The first-order chi connectivity index (χ1) is 6.40. The van der Waals surface area contributed by atoms with Gasteiger partial charge in [0.15, 0.2) is 0 Å². The Hall–Kier alpha value is -0.910. The van der Waals surface area contributed by atoms with Crippen LogP contribution in [0.15, 0.2) is 18.2 Å². The number of anilines is 1. The van der Waals surface area contributed by atoms with E-state index in [0.717, 1.165) is 6.07 Å². The normalized spacial score (nSPS) is 11.4. The fourth-order valence-electron chi connectivity index (χ4n) is 0.956. The topological polar surface area (TPSA) is 35.2 Å². The summed E-state index contributed by atoms with van der Waals surface area (Å²) < 4.78 is 39.2. The molecule has 2 nitrogen and oxygen atoms in total. The number of nitrogen functional groups attached to an aromatic ring is 1. The number of halogens is 4. The second kappa shape index (κ2) is 4.08. The van der Waals surface area contributed by atoms with Gasteiger partial charge in [-0.15, -0.1) is 13.2 Å². The fourth-order valence-corrected chi connectivity index (χ4v) is 1.28. The van der Waals surface area contributed by atoms with Crippen molar-refractivity contribution in [1.29, 1.82) is 0 Å². The van der Waals surface area contributed by atoms with Gasteiger partial charge in [-0.05, 0) is 17.7 Å². The van der Waals surface area contributed by atoms with E-state index in [2.05, 4.69) is 20.7 Å². The van der Waals surface area contributed by atoms with E-state index in [1.54, 1.807) is 6.07 Å². The molecule has 78 valence electrons. The van der Waals surface area contributed by atoms with E-state index in [1.807, 2.05) is 0 Å². The zero-order valence-electron chi connectivity index (χ0n) is 6.94. The van der Waals surface area contributed by atoms with Crippen LogP contribution in [0, 0.1) is 0 Å². The van der Waals surface area contributed by atoms with Crippen LogP contribution in [0.4, 0.5) is 18.9 Å². The van der Waals surface area contributed by atoms with Gasteiger partial charge in [0.2, 0.25) is 0 Å². The van der Waals surface area contributed by atoms with Gasteiger partial charge in [-0.3, -0.25) is 0 Å². The van der Waals surface area contributed by atoms with Crippen molar-refractivity contribution < 1.29 is 17.9 Å². The summed E-state index contributed by atoms with van der Waals surface area (Å²) in [7, 11) is 0. The van der Waals surface area contributed by atoms with Crippen molar-refractivity contribution in [2.45, 2.75) is 11.7 Å². The van der Waals surface area contributed by atoms with Gasteiger partial charge in [0.25, 0.3) is 0 Å². The highest BCUT2D eigenvalue weighted by atomic mass is 79.9. The third-order valence-electron chi connectivity index (χ3n) is 1.38. The van der Waals surface area contributed by atoms with Gasteiger partial charge < -0.3 is 10.5 Å². The van der Waals surface area contributed by atoms with Crippen molar-refractivity contribution in [2.75, 3.05) is 5.73 Å². The standard InChI is InChI=1S/C8H7BrF3NO/c9-4-5-1-6(13)3-7(2-5)14-8(10,11)12/h1-3H,4,13H2. The average Bonchev–Trinajstić information content (AvgIpc) is 1.99. The maximum atomic E-state index is 11.8. The van der Waals surface area contributed by atoms with E-state index < -0.39 is 6.36 Å². The van der Waals surface area contributed by atoms with E-state index in [0.29, 0.717) is 10.9 Å². The SMILES string of the molecule is Nc1cc(CBr)cc(OC(F)(F)F)c1. The molecule has 0 aliphatic carbocycles. The molecule has 1 aromatic carbocycles. The van der Waals surface area contributed by atoms with Gasteiger partial charge in [-0.2, -0.15) is 0 Å². The van der Waals surface area contributed by atoms with Crippen molar-refractivity contribution in [3.63, 3.8) is 0 Å². The van der Waals surface area contributed by atoms with Crippen LogP contribution < -0.4 is 10.5 Å². The molecule has 0 heterocycles. The quantitative estimate of drug-likeness (QED) is 0.662. The van der Waals surface area contributed by atoms with Crippen molar-refractivity contribution >= 4 is 21.6 Å². The van der Waals surface area contributed by atoms with Gasteiger partial charge in [0.05, 0.1) is 0 Å². The average molecular weight is 270 g/mol. The van der Waals surface area contributed by atoms with Gasteiger partial charge in [-0.25, -0.2) is 0 Å². The summed E-state index contributed by atoms with van der Waals surface area (Å²) in [4.78, 5) is 0. The lowest BCUT2D eigenvalue weighted by atomic mass is 10.2. The number of benzene rings is 1. The highest BCUT2D eigenvalue weighted by molar-refractivity contribution is 9.08. The lowest BCUT2D eigenvalue weighted by molar-refractivity contribution is -0.274. The predicted molar refractivity (Wildman–Crippen MR) is 50.2 cm³/mol. The molecular weight excluding hydrogens is 263 g/mol. The summed E-state index contributed by atoms with van der Waals surface area (Å²) in [5.41, 5.74) is 6.25. The lowest BCUT2D eigenvalue weighted by Crippen LogP contribution is -2.17.